The molecular formula is C11H12Br2N2O. The predicted molar refractivity (Wildman–Crippen MR) is 70.1 cm³/mol. The van der Waals surface area contributed by atoms with Gasteiger partial charge in [-0.3, -0.25) is 0 Å². The highest BCUT2D eigenvalue weighted by atomic mass is 79.9. The third-order valence-electron chi connectivity index (χ3n) is 2.93. The monoisotopic (exact) mass is 346 g/mol. The van der Waals surface area contributed by atoms with Gasteiger partial charge in [-0.25, -0.2) is 4.98 Å². The first-order valence-corrected chi connectivity index (χ1v) is 7.10. The number of fused-ring (bicyclic) bond motifs is 1. The molecule has 2 aliphatic rings. The molecule has 0 saturated heterocycles. The summed E-state index contributed by atoms with van der Waals surface area (Å²) < 4.78 is 7.61. The smallest absolute Gasteiger partial charge is 0.176 e. The molecule has 1 aliphatic carbocycles. The molecule has 3 nitrogen and oxygen atoms in total. The van der Waals surface area contributed by atoms with Gasteiger partial charge in [-0.1, -0.05) is 0 Å². The average Bonchev–Trinajstić information content (AvgIpc) is 3.01. The zero-order valence-corrected chi connectivity index (χ0v) is 11.9. The molecule has 1 saturated carbocycles. The molecule has 0 spiro atoms. The van der Waals surface area contributed by atoms with Crippen LogP contribution in [0.4, 0.5) is 5.82 Å². The highest BCUT2D eigenvalue weighted by Gasteiger charge is 2.33. The molecule has 5 heteroatoms. The van der Waals surface area contributed by atoms with Gasteiger partial charge in [0.25, 0.3) is 0 Å². The molecule has 86 valence electrons. The van der Waals surface area contributed by atoms with E-state index in [0.29, 0.717) is 6.04 Å². The summed E-state index contributed by atoms with van der Waals surface area (Å²) in [5.74, 6) is 1.88. The number of ether oxygens (including phenoxy) is 1. The van der Waals surface area contributed by atoms with Crippen molar-refractivity contribution < 1.29 is 4.74 Å². The maximum absolute atomic E-state index is 5.77. The second-order valence-electron chi connectivity index (χ2n) is 4.21. The fraction of sp³-hybridized carbons (Fsp3) is 0.545. The molecule has 16 heavy (non-hydrogen) atoms. The Labute approximate surface area is 111 Å². The van der Waals surface area contributed by atoms with Crippen LogP contribution in [0.25, 0.3) is 0 Å². The van der Waals surface area contributed by atoms with Crippen LogP contribution in [0.15, 0.2) is 15.1 Å². The van der Waals surface area contributed by atoms with E-state index in [0.717, 1.165) is 40.2 Å². The van der Waals surface area contributed by atoms with Crippen molar-refractivity contribution in [2.45, 2.75) is 25.3 Å². The number of rotatable bonds is 1. The zero-order chi connectivity index (χ0) is 11.1. The minimum Gasteiger partial charge on any atom is -0.488 e. The van der Waals surface area contributed by atoms with Gasteiger partial charge in [-0.05, 0) is 57.2 Å². The van der Waals surface area contributed by atoms with Crippen LogP contribution in [0.1, 0.15) is 19.3 Å². The first-order chi connectivity index (χ1) is 7.75. The van der Waals surface area contributed by atoms with Gasteiger partial charge in [-0.2, -0.15) is 0 Å². The molecule has 0 bridgehead atoms. The molecule has 1 fully saturated rings. The normalized spacial score (nSPS) is 20.0. The van der Waals surface area contributed by atoms with Crippen LogP contribution < -0.4 is 9.64 Å². The van der Waals surface area contributed by atoms with Crippen LogP contribution in [-0.4, -0.2) is 24.2 Å². The lowest BCUT2D eigenvalue weighted by molar-refractivity contribution is 0.320. The number of pyridine rings is 1. The van der Waals surface area contributed by atoms with Crippen LogP contribution in [0, 0.1) is 0 Å². The van der Waals surface area contributed by atoms with Crippen LogP contribution in [0.2, 0.25) is 0 Å². The topological polar surface area (TPSA) is 25.4 Å². The minimum absolute atomic E-state index is 0.675. The Kier molecular flexibility index (Phi) is 2.83. The second-order valence-corrected chi connectivity index (χ2v) is 5.87. The molecule has 1 aromatic heterocycles. The highest BCUT2D eigenvalue weighted by Crippen LogP contribution is 2.42. The third kappa shape index (κ3) is 1.95. The molecule has 0 atom stereocenters. The van der Waals surface area contributed by atoms with Crippen LogP contribution in [-0.2, 0) is 0 Å². The van der Waals surface area contributed by atoms with E-state index < -0.39 is 0 Å². The van der Waals surface area contributed by atoms with E-state index in [1.165, 1.54) is 12.8 Å². The maximum Gasteiger partial charge on any atom is 0.176 e. The Hall–Kier alpha value is -0.290. The van der Waals surface area contributed by atoms with Crippen LogP contribution in [0.3, 0.4) is 0 Å². The van der Waals surface area contributed by atoms with Crippen LogP contribution >= 0.6 is 31.9 Å². The van der Waals surface area contributed by atoms with Gasteiger partial charge in [0.2, 0.25) is 0 Å². The van der Waals surface area contributed by atoms with Crippen molar-refractivity contribution in [3.63, 3.8) is 0 Å². The Morgan fingerprint density at radius 2 is 2.19 bits per heavy atom. The summed E-state index contributed by atoms with van der Waals surface area (Å²) in [5.41, 5.74) is 0. The van der Waals surface area contributed by atoms with Crippen molar-refractivity contribution in [3.05, 3.63) is 15.1 Å². The van der Waals surface area contributed by atoms with Crippen LogP contribution in [0.5, 0.6) is 5.75 Å². The van der Waals surface area contributed by atoms with Crippen molar-refractivity contribution in [2.75, 3.05) is 18.1 Å². The number of hydrogen-bond donors (Lipinski definition) is 0. The summed E-state index contributed by atoms with van der Waals surface area (Å²) in [6, 6.07) is 2.61. The fourth-order valence-corrected chi connectivity index (χ4v) is 3.26. The average molecular weight is 348 g/mol. The van der Waals surface area contributed by atoms with Gasteiger partial charge in [0, 0.05) is 12.6 Å². The standard InChI is InChI=1S/C11H12Br2N2O/c12-8-6-9(13)14-11-10(8)16-5-1-4-15(11)7-2-3-7/h6-7H,1-5H2. The molecule has 0 N–H and O–H groups in total. The SMILES string of the molecule is Brc1cc(Br)c2c(n1)N(C1CC1)CCCO2. The highest BCUT2D eigenvalue weighted by molar-refractivity contribution is 9.11. The minimum atomic E-state index is 0.675. The predicted octanol–water partition coefficient (Wildman–Crippen LogP) is 3.36. The van der Waals surface area contributed by atoms with Gasteiger partial charge in [0.15, 0.2) is 11.6 Å². The number of anilines is 1. The van der Waals surface area contributed by atoms with E-state index in [2.05, 4.69) is 41.7 Å². The van der Waals surface area contributed by atoms with E-state index in [4.69, 9.17) is 4.74 Å². The van der Waals surface area contributed by atoms with E-state index >= 15 is 0 Å². The summed E-state index contributed by atoms with van der Waals surface area (Å²) in [6.07, 6.45) is 3.63. The van der Waals surface area contributed by atoms with E-state index in [1.807, 2.05) is 6.07 Å². The first kappa shape index (κ1) is 10.8. The lowest BCUT2D eigenvalue weighted by Crippen LogP contribution is -2.27. The molecule has 0 amide bonds. The largest absolute Gasteiger partial charge is 0.488 e. The summed E-state index contributed by atoms with van der Waals surface area (Å²) in [7, 11) is 0. The van der Waals surface area contributed by atoms with E-state index in [9.17, 15) is 0 Å². The van der Waals surface area contributed by atoms with Gasteiger partial charge in [-0.15, -0.1) is 0 Å². The molecular weight excluding hydrogens is 336 g/mol. The van der Waals surface area contributed by atoms with Crippen molar-refractivity contribution in [1.82, 2.24) is 4.98 Å². The Bertz CT molecular complexity index is 421. The van der Waals surface area contributed by atoms with E-state index in [1.54, 1.807) is 0 Å². The number of aromatic nitrogens is 1. The lowest BCUT2D eigenvalue weighted by atomic mass is 10.3. The first-order valence-electron chi connectivity index (χ1n) is 5.51. The number of hydrogen-bond acceptors (Lipinski definition) is 3. The van der Waals surface area contributed by atoms with Gasteiger partial charge in [0.1, 0.15) is 4.60 Å². The molecule has 0 radical (unpaired) electrons. The van der Waals surface area contributed by atoms with Crippen molar-refractivity contribution in [2.24, 2.45) is 0 Å². The maximum atomic E-state index is 5.77. The Morgan fingerprint density at radius 1 is 1.38 bits per heavy atom. The summed E-state index contributed by atoms with van der Waals surface area (Å²) in [5, 5.41) is 0. The second kappa shape index (κ2) is 4.18. The molecule has 1 aromatic rings. The van der Waals surface area contributed by atoms with Crippen molar-refractivity contribution in [1.29, 1.82) is 0 Å². The van der Waals surface area contributed by atoms with Crippen molar-refractivity contribution >= 4 is 37.7 Å². The summed E-state index contributed by atoms with van der Waals surface area (Å²) in [4.78, 5) is 6.95. The summed E-state index contributed by atoms with van der Waals surface area (Å²) >= 11 is 6.98. The Balaban J connectivity index is 2.08. The number of nitrogens with zero attached hydrogens (tertiary/aromatic N) is 2. The lowest BCUT2D eigenvalue weighted by Gasteiger charge is -2.22. The van der Waals surface area contributed by atoms with Gasteiger partial charge in [0.05, 0.1) is 11.1 Å². The summed E-state index contributed by atoms with van der Waals surface area (Å²) in [6.45, 7) is 1.83. The van der Waals surface area contributed by atoms with Crippen molar-refractivity contribution in [3.8, 4) is 5.75 Å². The van der Waals surface area contributed by atoms with Gasteiger partial charge < -0.3 is 9.64 Å². The van der Waals surface area contributed by atoms with Gasteiger partial charge >= 0.3 is 0 Å². The third-order valence-corrected chi connectivity index (χ3v) is 3.92. The quantitative estimate of drug-likeness (QED) is 0.728. The number of halogens is 2. The zero-order valence-electron chi connectivity index (χ0n) is 8.75. The molecule has 1 aliphatic heterocycles. The molecule has 2 heterocycles. The Morgan fingerprint density at radius 3 is 2.94 bits per heavy atom. The molecule has 0 aromatic carbocycles. The molecule has 3 rings (SSSR count). The van der Waals surface area contributed by atoms with E-state index in [-0.39, 0.29) is 0 Å². The fourth-order valence-electron chi connectivity index (χ4n) is 2.05. The molecule has 0 unspecified atom stereocenters.